The number of carbonyl (C=O) groups is 1. The second kappa shape index (κ2) is 6.33. The van der Waals surface area contributed by atoms with Crippen LogP contribution in [0.4, 0.5) is 15.8 Å². The van der Waals surface area contributed by atoms with Crippen molar-refractivity contribution < 1.29 is 9.18 Å². The number of nitrogens with two attached hydrogens (primary N) is 1. The Morgan fingerprint density at radius 1 is 1.00 bits per heavy atom. The lowest BCUT2D eigenvalue weighted by molar-refractivity contribution is 0.102. The van der Waals surface area contributed by atoms with Crippen LogP contribution in [0.5, 0.6) is 0 Å². The van der Waals surface area contributed by atoms with Gasteiger partial charge < -0.3 is 16.0 Å². The maximum atomic E-state index is 13.0. The molecule has 0 saturated heterocycles. The van der Waals surface area contributed by atoms with Gasteiger partial charge in [0.25, 0.3) is 5.91 Å². The number of aromatic amines is 1. The Balaban J connectivity index is 1.61. The lowest BCUT2D eigenvalue weighted by Crippen LogP contribution is -2.11. The minimum atomic E-state index is -0.350. The summed E-state index contributed by atoms with van der Waals surface area (Å²) in [5, 5.41) is 2.74. The minimum absolute atomic E-state index is 0.276. The molecule has 5 nitrogen and oxygen atoms in total. The molecule has 4 aromatic rings. The first kappa shape index (κ1) is 15.8. The van der Waals surface area contributed by atoms with Crippen LogP contribution in [0.15, 0.2) is 66.7 Å². The molecule has 0 aliphatic rings. The number of carbonyl (C=O) groups excluding carboxylic acids is 1. The van der Waals surface area contributed by atoms with Crippen LogP contribution < -0.4 is 11.1 Å². The van der Waals surface area contributed by atoms with Crippen LogP contribution in [-0.4, -0.2) is 15.9 Å². The summed E-state index contributed by atoms with van der Waals surface area (Å²) in [7, 11) is 0. The summed E-state index contributed by atoms with van der Waals surface area (Å²) in [6.07, 6.45) is 0. The van der Waals surface area contributed by atoms with Gasteiger partial charge in [0.2, 0.25) is 0 Å². The number of H-pyrrole nitrogens is 1. The number of nitrogens with one attached hydrogen (secondary N) is 2. The first-order valence-corrected chi connectivity index (χ1v) is 8.01. The van der Waals surface area contributed by atoms with Crippen molar-refractivity contribution in [2.45, 2.75) is 0 Å². The van der Waals surface area contributed by atoms with Crippen LogP contribution in [0.25, 0.3) is 22.4 Å². The van der Waals surface area contributed by atoms with Crippen LogP contribution in [0.1, 0.15) is 10.4 Å². The number of hydrogen-bond donors (Lipinski definition) is 3. The second-order valence-corrected chi connectivity index (χ2v) is 5.90. The number of anilines is 2. The average Bonchev–Trinajstić information content (AvgIpc) is 3.07. The van der Waals surface area contributed by atoms with Crippen LogP contribution in [-0.2, 0) is 0 Å². The van der Waals surface area contributed by atoms with Gasteiger partial charge in [0.15, 0.2) is 0 Å². The van der Waals surface area contributed by atoms with Gasteiger partial charge in [-0.15, -0.1) is 0 Å². The largest absolute Gasteiger partial charge is 0.399 e. The number of aromatic nitrogens is 2. The summed E-state index contributed by atoms with van der Waals surface area (Å²) in [6.45, 7) is 0. The zero-order valence-electron chi connectivity index (χ0n) is 13.7. The van der Waals surface area contributed by atoms with Gasteiger partial charge in [0, 0.05) is 22.5 Å². The van der Waals surface area contributed by atoms with Crippen molar-refractivity contribution in [3.63, 3.8) is 0 Å². The molecule has 0 bridgehead atoms. The summed E-state index contributed by atoms with van der Waals surface area (Å²) < 4.78 is 13.0. The van der Waals surface area contributed by atoms with Gasteiger partial charge in [-0.3, -0.25) is 4.79 Å². The molecule has 26 heavy (non-hydrogen) atoms. The van der Waals surface area contributed by atoms with Gasteiger partial charge in [-0.25, -0.2) is 9.37 Å². The lowest BCUT2D eigenvalue weighted by Gasteiger charge is -2.05. The smallest absolute Gasteiger partial charge is 0.255 e. The number of nitrogen functional groups attached to an aromatic ring is 1. The standard InChI is InChI=1S/C20H15FN4O/c21-14-4-8-16(9-5-14)23-20(26)13-3-10-17-18(11-13)25-19(24-17)12-1-6-15(22)7-2-12/h1-11H,22H2,(H,23,26)(H,24,25). The zero-order chi connectivity index (χ0) is 18.1. The highest BCUT2D eigenvalue weighted by atomic mass is 19.1. The number of nitrogens with zero attached hydrogens (tertiary/aromatic N) is 1. The normalized spacial score (nSPS) is 10.8. The number of halogens is 1. The van der Waals surface area contributed by atoms with E-state index in [1.54, 1.807) is 18.2 Å². The van der Waals surface area contributed by atoms with Crippen LogP contribution in [0.3, 0.4) is 0 Å². The Kier molecular flexibility index (Phi) is 3.85. The summed E-state index contributed by atoms with van der Waals surface area (Å²) in [5.41, 5.74) is 9.83. The number of amides is 1. The molecule has 1 amide bonds. The number of fused-ring (bicyclic) bond motifs is 1. The number of benzene rings is 3. The van der Waals surface area contributed by atoms with Crippen molar-refractivity contribution in [3.05, 3.63) is 78.1 Å². The third kappa shape index (κ3) is 3.12. The van der Waals surface area contributed by atoms with Crippen LogP contribution in [0.2, 0.25) is 0 Å². The number of rotatable bonds is 3. The van der Waals surface area contributed by atoms with Gasteiger partial charge in [-0.05, 0) is 66.7 Å². The molecule has 1 aromatic heterocycles. The molecule has 0 fully saturated rings. The molecule has 0 spiro atoms. The molecule has 1 heterocycles. The first-order valence-electron chi connectivity index (χ1n) is 8.01. The molecule has 128 valence electrons. The fourth-order valence-electron chi connectivity index (χ4n) is 2.67. The predicted octanol–water partition coefficient (Wildman–Crippen LogP) is 4.20. The van der Waals surface area contributed by atoms with E-state index in [2.05, 4.69) is 15.3 Å². The van der Waals surface area contributed by atoms with E-state index < -0.39 is 0 Å². The van der Waals surface area contributed by atoms with Crippen LogP contribution >= 0.6 is 0 Å². The molecule has 6 heteroatoms. The van der Waals surface area contributed by atoms with Crippen molar-refractivity contribution in [1.29, 1.82) is 0 Å². The van der Waals surface area contributed by atoms with E-state index in [9.17, 15) is 9.18 Å². The van der Waals surface area contributed by atoms with Gasteiger partial charge >= 0.3 is 0 Å². The molecular weight excluding hydrogens is 331 g/mol. The third-order valence-electron chi connectivity index (χ3n) is 4.03. The minimum Gasteiger partial charge on any atom is -0.399 e. The van der Waals surface area contributed by atoms with Crippen molar-refractivity contribution in [2.24, 2.45) is 0 Å². The Labute approximate surface area is 148 Å². The van der Waals surface area contributed by atoms with Crippen molar-refractivity contribution in [3.8, 4) is 11.4 Å². The summed E-state index contributed by atoms with van der Waals surface area (Å²) >= 11 is 0. The number of hydrogen-bond acceptors (Lipinski definition) is 3. The van der Waals surface area contributed by atoms with Gasteiger partial charge in [-0.2, -0.15) is 0 Å². The van der Waals surface area contributed by atoms with E-state index in [0.717, 1.165) is 16.6 Å². The summed E-state index contributed by atoms with van der Waals surface area (Å²) in [4.78, 5) is 20.2. The van der Waals surface area contributed by atoms with E-state index in [4.69, 9.17) is 5.73 Å². The maximum Gasteiger partial charge on any atom is 0.255 e. The molecule has 3 aromatic carbocycles. The quantitative estimate of drug-likeness (QED) is 0.486. The molecule has 0 aliphatic heterocycles. The number of imidazole rings is 1. The van der Waals surface area contributed by atoms with Crippen LogP contribution in [0, 0.1) is 5.82 Å². The van der Waals surface area contributed by atoms with Crippen molar-refractivity contribution in [1.82, 2.24) is 9.97 Å². The fourth-order valence-corrected chi connectivity index (χ4v) is 2.67. The molecular formula is C20H15FN4O. The second-order valence-electron chi connectivity index (χ2n) is 5.90. The predicted molar refractivity (Wildman–Crippen MR) is 100 cm³/mol. The summed E-state index contributed by atoms with van der Waals surface area (Å²) in [5.74, 6) is 0.0790. The highest BCUT2D eigenvalue weighted by molar-refractivity contribution is 6.06. The Morgan fingerprint density at radius 2 is 1.73 bits per heavy atom. The topological polar surface area (TPSA) is 83.8 Å². The van der Waals surface area contributed by atoms with Gasteiger partial charge in [0.1, 0.15) is 11.6 Å². The molecule has 4 rings (SSSR count). The Morgan fingerprint density at radius 3 is 2.46 bits per heavy atom. The van der Waals surface area contributed by atoms with E-state index in [1.165, 1.54) is 24.3 Å². The molecule has 0 radical (unpaired) electrons. The average molecular weight is 346 g/mol. The molecule has 4 N–H and O–H groups in total. The third-order valence-corrected chi connectivity index (χ3v) is 4.03. The first-order chi connectivity index (χ1) is 12.6. The molecule has 0 unspecified atom stereocenters. The zero-order valence-corrected chi connectivity index (χ0v) is 13.7. The van der Waals surface area contributed by atoms with E-state index in [0.29, 0.717) is 22.8 Å². The lowest BCUT2D eigenvalue weighted by atomic mass is 10.2. The molecule has 0 atom stereocenters. The summed E-state index contributed by atoms with van der Waals surface area (Å²) in [6, 6.07) is 18.2. The fraction of sp³-hybridized carbons (Fsp3) is 0. The van der Waals surface area contributed by atoms with E-state index in [-0.39, 0.29) is 11.7 Å². The van der Waals surface area contributed by atoms with Gasteiger partial charge in [-0.1, -0.05) is 0 Å². The highest BCUT2D eigenvalue weighted by Gasteiger charge is 2.10. The van der Waals surface area contributed by atoms with Crippen molar-refractivity contribution in [2.75, 3.05) is 11.1 Å². The van der Waals surface area contributed by atoms with Crippen molar-refractivity contribution >= 4 is 28.3 Å². The van der Waals surface area contributed by atoms with Gasteiger partial charge in [0.05, 0.1) is 11.0 Å². The highest BCUT2D eigenvalue weighted by Crippen LogP contribution is 2.22. The molecule has 0 saturated carbocycles. The van der Waals surface area contributed by atoms with E-state index >= 15 is 0 Å². The Bertz CT molecular complexity index is 1090. The molecule has 0 aliphatic carbocycles. The monoisotopic (exact) mass is 346 g/mol. The SMILES string of the molecule is Nc1ccc(-c2nc3ccc(C(=O)Nc4ccc(F)cc4)cc3[nH]2)cc1. The van der Waals surface area contributed by atoms with E-state index in [1.807, 2.05) is 24.3 Å². The Hall–Kier alpha value is -3.67. The maximum absolute atomic E-state index is 13.0.